The first-order chi connectivity index (χ1) is 7.47. The normalized spacial score (nSPS) is 11.1. The molecule has 86 valence electrons. The summed E-state index contributed by atoms with van der Waals surface area (Å²) in [6, 6.07) is 3.63. The molecule has 0 atom stereocenters. The van der Waals surface area contributed by atoms with Gasteiger partial charge in [-0.1, -0.05) is 6.07 Å². The van der Waals surface area contributed by atoms with Crippen molar-refractivity contribution in [2.75, 3.05) is 6.54 Å². The van der Waals surface area contributed by atoms with E-state index in [1.165, 1.54) is 12.1 Å². The number of sulfonamides is 1. The highest BCUT2D eigenvalue weighted by molar-refractivity contribution is 7.89. The minimum Gasteiger partial charge on any atom is -0.210 e. The Bertz CT molecular complexity index is 517. The quantitative estimate of drug-likeness (QED) is 0.640. The van der Waals surface area contributed by atoms with Crippen LogP contribution in [0, 0.1) is 25.1 Å². The zero-order valence-electron chi connectivity index (χ0n) is 8.83. The second-order valence-corrected chi connectivity index (χ2v) is 5.00. The Kier molecular flexibility index (Phi) is 4.05. The average molecular weight is 241 g/mol. The monoisotopic (exact) mass is 241 g/mol. The van der Waals surface area contributed by atoms with Gasteiger partial charge in [-0.25, -0.2) is 17.5 Å². The molecule has 3 nitrogen and oxygen atoms in total. The van der Waals surface area contributed by atoms with Gasteiger partial charge in [-0.15, -0.1) is 12.3 Å². The second-order valence-electron chi connectivity index (χ2n) is 3.26. The number of hydrogen-bond acceptors (Lipinski definition) is 2. The van der Waals surface area contributed by atoms with Gasteiger partial charge in [0.2, 0.25) is 10.0 Å². The van der Waals surface area contributed by atoms with Crippen LogP contribution in [0.4, 0.5) is 4.39 Å². The molecule has 0 heterocycles. The van der Waals surface area contributed by atoms with E-state index in [0.717, 1.165) is 6.07 Å². The van der Waals surface area contributed by atoms with Gasteiger partial charge >= 0.3 is 0 Å². The SMILES string of the molecule is C#CCCNS(=O)(=O)c1cc(F)ccc1C. The van der Waals surface area contributed by atoms with Crippen molar-refractivity contribution in [2.45, 2.75) is 18.2 Å². The number of halogens is 1. The first kappa shape index (κ1) is 12.7. The van der Waals surface area contributed by atoms with Crippen molar-refractivity contribution in [3.05, 3.63) is 29.6 Å². The smallest absolute Gasteiger partial charge is 0.210 e. The summed E-state index contributed by atoms with van der Waals surface area (Å²) < 4.78 is 38.7. The van der Waals surface area contributed by atoms with E-state index >= 15 is 0 Å². The molecule has 0 aromatic heterocycles. The Labute approximate surface area is 94.7 Å². The van der Waals surface area contributed by atoms with Crippen molar-refractivity contribution in [3.63, 3.8) is 0 Å². The number of hydrogen-bond donors (Lipinski definition) is 1. The van der Waals surface area contributed by atoms with E-state index in [1.807, 2.05) is 0 Å². The molecule has 1 aromatic carbocycles. The summed E-state index contributed by atoms with van der Waals surface area (Å²) in [7, 11) is -3.67. The van der Waals surface area contributed by atoms with Crippen LogP contribution in [-0.2, 0) is 10.0 Å². The molecule has 0 fully saturated rings. The van der Waals surface area contributed by atoms with Crippen LogP contribution in [0.25, 0.3) is 0 Å². The lowest BCUT2D eigenvalue weighted by Gasteiger charge is -2.08. The van der Waals surface area contributed by atoms with E-state index in [0.29, 0.717) is 12.0 Å². The summed E-state index contributed by atoms with van der Waals surface area (Å²) in [5.41, 5.74) is 0.495. The number of benzene rings is 1. The minimum absolute atomic E-state index is 0.0514. The van der Waals surface area contributed by atoms with E-state index in [9.17, 15) is 12.8 Å². The van der Waals surface area contributed by atoms with Crippen LogP contribution >= 0.6 is 0 Å². The summed E-state index contributed by atoms with van der Waals surface area (Å²) in [5, 5.41) is 0. The van der Waals surface area contributed by atoms with Gasteiger partial charge in [-0.05, 0) is 24.6 Å². The maximum absolute atomic E-state index is 12.9. The summed E-state index contributed by atoms with van der Waals surface area (Å²) in [6.07, 6.45) is 5.30. The van der Waals surface area contributed by atoms with Crippen molar-refractivity contribution >= 4 is 10.0 Å². The number of terminal acetylenes is 1. The van der Waals surface area contributed by atoms with Crippen LogP contribution < -0.4 is 4.72 Å². The third-order valence-electron chi connectivity index (χ3n) is 2.00. The number of aryl methyl sites for hydroxylation is 1. The molecule has 0 aliphatic carbocycles. The Morgan fingerprint density at radius 3 is 2.81 bits per heavy atom. The van der Waals surface area contributed by atoms with E-state index in [1.54, 1.807) is 6.92 Å². The Hall–Kier alpha value is -1.38. The van der Waals surface area contributed by atoms with Crippen molar-refractivity contribution in [1.29, 1.82) is 0 Å². The molecule has 0 radical (unpaired) electrons. The molecular formula is C11H12FNO2S. The topological polar surface area (TPSA) is 46.2 Å². The molecule has 1 N–H and O–H groups in total. The maximum Gasteiger partial charge on any atom is 0.240 e. The molecular weight excluding hydrogens is 229 g/mol. The Morgan fingerprint density at radius 1 is 1.50 bits per heavy atom. The maximum atomic E-state index is 12.9. The van der Waals surface area contributed by atoms with Gasteiger partial charge in [0.15, 0.2) is 0 Å². The zero-order chi connectivity index (χ0) is 12.2. The van der Waals surface area contributed by atoms with Crippen LogP contribution in [0.1, 0.15) is 12.0 Å². The molecule has 0 aliphatic rings. The van der Waals surface area contributed by atoms with Crippen molar-refractivity contribution < 1.29 is 12.8 Å². The number of rotatable bonds is 4. The molecule has 0 saturated heterocycles. The predicted octanol–water partition coefficient (Wildman–Crippen LogP) is 1.44. The van der Waals surface area contributed by atoms with Crippen LogP contribution in [0.3, 0.4) is 0 Å². The van der Waals surface area contributed by atoms with Crippen molar-refractivity contribution in [1.82, 2.24) is 4.72 Å². The van der Waals surface area contributed by atoms with E-state index in [4.69, 9.17) is 6.42 Å². The summed E-state index contributed by atoms with van der Waals surface area (Å²) in [4.78, 5) is -0.0514. The van der Waals surface area contributed by atoms with E-state index < -0.39 is 15.8 Å². The molecule has 0 bridgehead atoms. The highest BCUT2D eigenvalue weighted by Gasteiger charge is 2.16. The average Bonchev–Trinajstić information content (AvgIpc) is 2.22. The second kappa shape index (κ2) is 5.10. The molecule has 0 spiro atoms. The zero-order valence-corrected chi connectivity index (χ0v) is 9.64. The predicted molar refractivity (Wildman–Crippen MR) is 59.8 cm³/mol. The van der Waals surface area contributed by atoms with Crippen LogP contribution in [0.15, 0.2) is 23.1 Å². The lowest BCUT2D eigenvalue weighted by Crippen LogP contribution is -2.25. The highest BCUT2D eigenvalue weighted by Crippen LogP contribution is 2.15. The lowest BCUT2D eigenvalue weighted by atomic mass is 10.2. The lowest BCUT2D eigenvalue weighted by molar-refractivity contribution is 0.577. The Morgan fingerprint density at radius 2 is 2.19 bits per heavy atom. The van der Waals surface area contributed by atoms with Gasteiger partial charge in [-0.2, -0.15) is 0 Å². The molecule has 0 saturated carbocycles. The van der Waals surface area contributed by atoms with E-state index in [-0.39, 0.29) is 11.4 Å². The summed E-state index contributed by atoms with van der Waals surface area (Å²) in [5.74, 6) is 1.74. The molecule has 1 aromatic rings. The molecule has 5 heteroatoms. The molecule has 16 heavy (non-hydrogen) atoms. The fraction of sp³-hybridized carbons (Fsp3) is 0.273. The fourth-order valence-corrected chi connectivity index (χ4v) is 2.48. The standard InChI is InChI=1S/C11H12FNO2S/c1-3-4-7-13-16(14,15)11-8-10(12)6-5-9(11)2/h1,5-6,8,13H,4,7H2,2H3. The van der Waals surface area contributed by atoms with Gasteiger partial charge in [-0.3, -0.25) is 0 Å². The first-order valence-corrected chi connectivity index (χ1v) is 6.15. The van der Waals surface area contributed by atoms with Crippen molar-refractivity contribution in [2.24, 2.45) is 0 Å². The first-order valence-electron chi connectivity index (χ1n) is 4.66. The van der Waals surface area contributed by atoms with Crippen LogP contribution in [0.2, 0.25) is 0 Å². The summed E-state index contributed by atoms with van der Waals surface area (Å²) in [6.45, 7) is 1.75. The van der Waals surface area contributed by atoms with E-state index in [2.05, 4.69) is 10.6 Å². The molecule has 0 amide bonds. The molecule has 1 rings (SSSR count). The number of nitrogens with one attached hydrogen (secondary N) is 1. The van der Waals surface area contributed by atoms with Gasteiger partial charge in [0, 0.05) is 13.0 Å². The van der Waals surface area contributed by atoms with Gasteiger partial charge in [0.1, 0.15) is 5.82 Å². The third kappa shape index (κ3) is 3.05. The highest BCUT2D eigenvalue weighted by atomic mass is 32.2. The van der Waals surface area contributed by atoms with Gasteiger partial charge in [0.25, 0.3) is 0 Å². The molecule has 0 unspecified atom stereocenters. The molecule has 0 aliphatic heterocycles. The van der Waals surface area contributed by atoms with Crippen LogP contribution in [-0.4, -0.2) is 15.0 Å². The van der Waals surface area contributed by atoms with Gasteiger partial charge < -0.3 is 0 Å². The Balaban J connectivity index is 2.99. The largest absolute Gasteiger partial charge is 0.240 e. The fourth-order valence-electron chi connectivity index (χ4n) is 1.20. The van der Waals surface area contributed by atoms with Crippen LogP contribution in [0.5, 0.6) is 0 Å². The summed E-state index contributed by atoms with van der Waals surface area (Å²) >= 11 is 0. The van der Waals surface area contributed by atoms with Gasteiger partial charge in [0.05, 0.1) is 4.90 Å². The van der Waals surface area contributed by atoms with Crippen molar-refractivity contribution in [3.8, 4) is 12.3 Å². The minimum atomic E-state index is -3.67. The third-order valence-corrected chi connectivity index (χ3v) is 3.60.